The van der Waals surface area contributed by atoms with E-state index in [1.807, 2.05) is 6.92 Å². The molecule has 0 aliphatic heterocycles. The van der Waals surface area contributed by atoms with Crippen LogP contribution in [0.1, 0.15) is 6.92 Å². The summed E-state index contributed by atoms with van der Waals surface area (Å²) in [5.74, 6) is 0. The maximum atomic E-state index is 5.57. The van der Waals surface area contributed by atoms with Crippen LogP contribution in [0.25, 0.3) is 0 Å². The first-order valence-corrected chi connectivity index (χ1v) is 5.52. The first-order valence-electron chi connectivity index (χ1n) is 4.17. The van der Waals surface area contributed by atoms with Gasteiger partial charge in [-0.15, -0.1) is 0 Å². The number of hydrogen-bond acceptors (Lipinski definition) is 2. The molecule has 0 bridgehead atoms. The molecule has 13 heavy (non-hydrogen) atoms. The Hall–Kier alpha value is 0.430. The monoisotopic (exact) mass is 269 g/mol. The van der Waals surface area contributed by atoms with Gasteiger partial charge in [0.2, 0.25) is 0 Å². The van der Waals surface area contributed by atoms with E-state index in [4.69, 9.17) is 16.3 Å². The van der Waals surface area contributed by atoms with Crippen LogP contribution in [0.5, 0.6) is 0 Å². The van der Waals surface area contributed by atoms with Gasteiger partial charge in [-0.05, 0) is 19.5 Å². The average molecular weight is 271 g/mol. The van der Waals surface area contributed by atoms with Crippen molar-refractivity contribution >= 4 is 27.5 Å². The molecule has 0 aromatic heterocycles. The van der Waals surface area contributed by atoms with Crippen LogP contribution in [0.15, 0.2) is 11.1 Å². The Labute approximate surface area is 94.0 Å². The lowest BCUT2D eigenvalue weighted by Crippen LogP contribution is -2.29. The van der Waals surface area contributed by atoms with Crippen LogP contribution in [0.4, 0.5) is 0 Å². The second kappa shape index (κ2) is 7.80. The number of alkyl halides is 1. The van der Waals surface area contributed by atoms with Crippen LogP contribution in [0.3, 0.4) is 0 Å². The van der Waals surface area contributed by atoms with Gasteiger partial charge < -0.3 is 9.64 Å². The molecule has 0 rings (SSSR count). The second-order valence-electron chi connectivity index (χ2n) is 3.20. The molecule has 2 nitrogen and oxygen atoms in total. The molecular weight excluding hydrogens is 253 g/mol. The first-order chi connectivity index (χ1) is 6.10. The zero-order chi connectivity index (χ0) is 10.3. The van der Waals surface area contributed by atoms with Crippen molar-refractivity contribution in [2.75, 3.05) is 33.9 Å². The van der Waals surface area contributed by atoms with Crippen LogP contribution in [-0.2, 0) is 4.74 Å². The molecular formula is C9H17BrClNO. The van der Waals surface area contributed by atoms with Gasteiger partial charge >= 0.3 is 0 Å². The normalized spacial score (nSPS) is 15.1. The van der Waals surface area contributed by atoms with Crippen molar-refractivity contribution in [2.24, 2.45) is 0 Å². The van der Waals surface area contributed by atoms with Crippen molar-refractivity contribution in [1.29, 1.82) is 0 Å². The summed E-state index contributed by atoms with van der Waals surface area (Å²) in [6.45, 7) is 4.60. The summed E-state index contributed by atoms with van der Waals surface area (Å²) in [5.41, 5.74) is 2.79. The van der Waals surface area contributed by atoms with E-state index < -0.39 is 0 Å². The van der Waals surface area contributed by atoms with E-state index in [0.29, 0.717) is 4.83 Å². The Kier molecular flexibility index (Phi) is 8.06. The molecule has 0 radical (unpaired) electrons. The van der Waals surface area contributed by atoms with Gasteiger partial charge in [-0.25, -0.2) is 0 Å². The molecule has 0 aromatic rings. The molecule has 0 fully saturated rings. The largest absolute Gasteiger partial charge is 0.383 e. The van der Waals surface area contributed by atoms with E-state index >= 15 is 0 Å². The van der Waals surface area contributed by atoms with Crippen molar-refractivity contribution < 1.29 is 4.74 Å². The summed E-state index contributed by atoms with van der Waals surface area (Å²) in [7, 11) is 3.77. The van der Waals surface area contributed by atoms with Crippen molar-refractivity contribution in [3.05, 3.63) is 11.1 Å². The Morgan fingerprint density at radius 2 is 2.31 bits per heavy atom. The zero-order valence-electron chi connectivity index (χ0n) is 8.39. The third-order valence-corrected chi connectivity index (χ3v) is 2.49. The third-order valence-electron chi connectivity index (χ3n) is 1.56. The highest BCUT2D eigenvalue weighted by Gasteiger charge is 2.07. The van der Waals surface area contributed by atoms with Crippen LogP contribution < -0.4 is 0 Å². The number of ether oxygens (including phenoxy) is 1. The van der Waals surface area contributed by atoms with Crippen molar-refractivity contribution in [1.82, 2.24) is 4.90 Å². The molecule has 0 spiro atoms. The molecule has 0 aromatic carbocycles. The molecule has 1 atom stereocenters. The number of hydrogen-bond donors (Lipinski definition) is 0. The summed E-state index contributed by atoms with van der Waals surface area (Å²) in [4.78, 5) is 2.58. The minimum absolute atomic E-state index is 0.380. The predicted octanol–water partition coefficient (Wildman–Crippen LogP) is 2.47. The highest BCUT2D eigenvalue weighted by molar-refractivity contribution is 9.09. The maximum Gasteiger partial charge on any atom is 0.0600 e. The average Bonchev–Trinajstić information content (AvgIpc) is 2.04. The standard InChI is InChI=1S/C9H17BrClNO/c1-8(4-11)5-12(2)6-9(10)7-13-3/h4,9H,5-7H2,1-3H3. The lowest BCUT2D eigenvalue weighted by Gasteiger charge is -2.19. The number of likely N-dealkylation sites (N-methyl/N-ethyl adjacent to an activating group) is 1. The molecule has 78 valence electrons. The molecule has 1 unspecified atom stereocenters. The van der Waals surface area contributed by atoms with Gasteiger partial charge in [0, 0.05) is 25.7 Å². The second-order valence-corrected chi connectivity index (χ2v) is 4.72. The number of nitrogens with zero attached hydrogens (tertiary/aromatic N) is 1. The van der Waals surface area contributed by atoms with E-state index in [-0.39, 0.29) is 0 Å². The summed E-state index contributed by atoms with van der Waals surface area (Å²) >= 11 is 9.10. The molecule has 0 saturated heterocycles. The highest BCUT2D eigenvalue weighted by Crippen LogP contribution is 2.04. The maximum absolute atomic E-state index is 5.57. The van der Waals surface area contributed by atoms with Crippen LogP contribution >= 0.6 is 27.5 Å². The Morgan fingerprint density at radius 1 is 1.69 bits per heavy atom. The van der Waals surface area contributed by atoms with E-state index in [1.54, 1.807) is 12.6 Å². The molecule has 0 aliphatic rings. The van der Waals surface area contributed by atoms with E-state index in [9.17, 15) is 0 Å². The van der Waals surface area contributed by atoms with Gasteiger partial charge in [-0.3, -0.25) is 0 Å². The van der Waals surface area contributed by atoms with Crippen molar-refractivity contribution in [3.8, 4) is 0 Å². The lowest BCUT2D eigenvalue weighted by molar-refractivity contribution is 0.188. The molecule has 0 N–H and O–H groups in total. The molecule has 0 saturated carbocycles. The predicted molar refractivity (Wildman–Crippen MR) is 61.7 cm³/mol. The molecule has 0 heterocycles. The summed E-state index contributed by atoms with van der Waals surface area (Å²) in [6.07, 6.45) is 0. The van der Waals surface area contributed by atoms with Crippen LogP contribution in [-0.4, -0.2) is 43.6 Å². The SMILES string of the molecule is COCC(Br)CN(C)CC(C)=CCl. The van der Waals surface area contributed by atoms with E-state index in [0.717, 1.165) is 19.7 Å². The number of rotatable bonds is 6. The summed E-state index contributed by atoms with van der Waals surface area (Å²) in [6, 6.07) is 0. The Bertz CT molecular complexity index is 164. The summed E-state index contributed by atoms with van der Waals surface area (Å²) in [5, 5.41) is 0. The van der Waals surface area contributed by atoms with Crippen LogP contribution in [0.2, 0.25) is 0 Å². The van der Waals surface area contributed by atoms with Gasteiger partial charge in [-0.1, -0.05) is 27.5 Å². The van der Waals surface area contributed by atoms with E-state index in [2.05, 4.69) is 27.9 Å². The number of methoxy groups -OCH3 is 1. The smallest absolute Gasteiger partial charge is 0.0600 e. The molecule has 0 aliphatic carbocycles. The van der Waals surface area contributed by atoms with Gasteiger partial charge in [0.05, 0.1) is 11.4 Å². The highest BCUT2D eigenvalue weighted by atomic mass is 79.9. The molecule has 4 heteroatoms. The van der Waals surface area contributed by atoms with Gasteiger partial charge in [0.25, 0.3) is 0 Å². The molecule has 0 amide bonds. The Balaban J connectivity index is 3.67. The number of halogens is 2. The fourth-order valence-electron chi connectivity index (χ4n) is 1.10. The topological polar surface area (TPSA) is 12.5 Å². The van der Waals surface area contributed by atoms with Gasteiger partial charge in [0.15, 0.2) is 0 Å². The van der Waals surface area contributed by atoms with Crippen molar-refractivity contribution in [3.63, 3.8) is 0 Å². The fraction of sp³-hybridized carbons (Fsp3) is 0.778. The Morgan fingerprint density at radius 3 is 2.77 bits per heavy atom. The van der Waals surface area contributed by atoms with Crippen LogP contribution in [0, 0.1) is 0 Å². The quantitative estimate of drug-likeness (QED) is 0.688. The lowest BCUT2D eigenvalue weighted by atomic mass is 10.3. The minimum Gasteiger partial charge on any atom is -0.383 e. The van der Waals surface area contributed by atoms with Crippen molar-refractivity contribution in [2.45, 2.75) is 11.8 Å². The third kappa shape index (κ3) is 7.50. The first kappa shape index (κ1) is 13.4. The fourth-order valence-corrected chi connectivity index (χ4v) is 1.92. The zero-order valence-corrected chi connectivity index (χ0v) is 10.7. The minimum atomic E-state index is 0.380. The van der Waals surface area contributed by atoms with Gasteiger partial charge in [0.1, 0.15) is 0 Å². The van der Waals surface area contributed by atoms with Gasteiger partial charge in [-0.2, -0.15) is 0 Å². The summed E-state index contributed by atoms with van der Waals surface area (Å²) < 4.78 is 5.02. The van der Waals surface area contributed by atoms with E-state index in [1.165, 1.54) is 5.57 Å².